The number of pyridine rings is 1. The van der Waals surface area contributed by atoms with Crippen LogP contribution in [0, 0.1) is 5.92 Å². The van der Waals surface area contributed by atoms with E-state index in [9.17, 15) is 0 Å². The Labute approximate surface area is 188 Å². The van der Waals surface area contributed by atoms with Crippen LogP contribution < -0.4 is 15.4 Å². The third kappa shape index (κ3) is 5.45. The van der Waals surface area contributed by atoms with Crippen molar-refractivity contribution < 1.29 is 9.47 Å². The molecule has 3 aromatic rings. The summed E-state index contributed by atoms with van der Waals surface area (Å²) in [6, 6.07) is 10.3. The average molecular weight is 435 g/mol. The van der Waals surface area contributed by atoms with Crippen LogP contribution in [0.3, 0.4) is 0 Å². The largest absolute Gasteiger partial charge is 0.495 e. The molecule has 2 N–H and O–H groups in total. The summed E-state index contributed by atoms with van der Waals surface area (Å²) in [4.78, 5) is 8.95. The molecule has 1 aliphatic heterocycles. The van der Waals surface area contributed by atoms with Gasteiger partial charge in [-0.05, 0) is 48.7 Å². The van der Waals surface area contributed by atoms with Gasteiger partial charge in [0.2, 0.25) is 0 Å². The van der Waals surface area contributed by atoms with Gasteiger partial charge in [-0.2, -0.15) is 5.10 Å². The van der Waals surface area contributed by atoms with Crippen molar-refractivity contribution >= 4 is 17.7 Å². The third-order valence-electron chi connectivity index (χ3n) is 5.67. The van der Waals surface area contributed by atoms with Crippen LogP contribution in [0.2, 0.25) is 0 Å². The van der Waals surface area contributed by atoms with Crippen LogP contribution in [0.1, 0.15) is 18.9 Å². The van der Waals surface area contributed by atoms with E-state index in [0.29, 0.717) is 18.6 Å². The monoisotopic (exact) mass is 434 g/mol. The highest BCUT2D eigenvalue weighted by Crippen LogP contribution is 2.30. The van der Waals surface area contributed by atoms with Crippen molar-refractivity contribution in [1.29, 1.82) is 0 Å². The molecule has 1 aliphatic rings. The van der Waals surface area contributed by atoms with Crippen molar-refractivity contribution in [2.75, 3.05) is 37.6 Å². The number of nitrogens with one attached hydrogen (secondary N) is 2. The molecule has 0 amide bonds. The van der Waals surface area contributed by atoms with E-state index in [2.05, 4.69) is 32.6 Å². The Balaban J connectivity index is 1.34. The molecule has 8 nitrogen and oxygen atoms in total. The van der Waals surface area contributed by atoms with Gasteiger partial charge >= 0.3 is 0 Å². The average Bonchev–Trinajstić information content (AvgIpc) is 3.49. The molecule has 0 saturated carbocycles. The fourth-order valence-corrected chi connectivity index (χ4v) is 3.77. The highest BCUT2D eigenvalue weighted by atomic mass is 16.5. The second-order valence-corrected chi connectivity index (χ2v) is 8.00. The van der Waals surface area contributed by atoms with Gasteiger partial charge < -0.3 is 20.1 Å². The van der Waals surface area contributed by atoms with E-state index < -0.39 is 0 Å². The summed E-state index contributed by atoms with van der Waals surface area (Å²) in [5.74, 6) is 2.15. The number of benzene rings is 1. The molecule has 2 aromatic heterocycles. The van der Waals surface area contributed by atoms with Crippen LogP contribution in [0.25, 0.3) is 11.1 Å². The predicted octanol–water partition coefficient (Wildman–Crippen LogP) is 3.82. The number of methoxy groups -OCH3 is 1. The number of hydrogen-bond donors (Lipinski definition) is 2. The Kier molecular flexibility index (Phi) is 7.01. The molecule has 8 heteroatoms. The number of rotatable bonds is 9. The molecule has 2 atom stereocenters. The normalized spacial score (nSPS) is 16.9. The summed E-state index contributed by atoms with van der Waals surface area (Å²) >= 11 is 0. The van der Waals surface area contributed by atoms with Gasteiger partial charge in [0.1, 0.15) is 18.2 Å². The lowest BCUT2D eigenvalue weighted by Gasteiger charge is -2.19. The van der Waals surface area contributed by atoms with Gasteiger partial charge in [0, 0.05) is 49.8 Å². The van der Waals surface area contributed by atoms with Crippen molar-refractivity contribution in [3.8, 4) is 16.9 Å². The maximum Gasteiger partial charge on any atom is 0.142 e. The first-order valence-corrected chi connectivity index (χ1v) is 10.8. The second-order valence-electron chi connectivity index (χ2n) is 8.00. The maximum atomic E-state index is 5.56. The molecule has 0 radical (unpaired) electrons. The van der Waals surface area contributed by atoms with Gasteiger partial charge in [0.25, 0.3) is 0 Å². The first kappa shape index (κ1) is 21.8. The van der Waals surface area contributed by atoms with E-state index in [-0.39, 0.29) is 0 Å². The van der Waals surface area contributed by atoms with Gasteiger partial charge in [-0.3, -0.25) is 9.67 Å². The fourth-order valence-electron chi connectivity index (χ4n) is 3.77. The van der Waals surface area contributed by atoms with E-state index in [1.807, 2.05) is 56.0 Å². The number of ether oxygens (including phenoxy) is 2. The van der Waals surface area contributed by atoms with E-state index in [1.165, 1.54) is 0 Å². The molecule has 1 aromatic carbocycles. The van der Waals surface area contributed by atoms with Crippen LogP contribution >= 0.6 is 0 Å². The Morgan fingerprint density at radius 1 is 1.31 bits per heavy atom. The molecule has 1 fully saturated rings. The zero-order valence-corrected chi connectivity index (χ0v) is 18.8. The summed E-state index contributed by atoms with van der Waals surface area (Å²) in [6.45, 7) is 4.27. The Morgan fingerprint density at radius 3 is 2.97 bits per heavy atom. The van der Waals surface area contributed by atoms with E-state index in [1.54, 1.807) is 18.0 Å². The van der Waals surface area contributed by atoms with Gasteiger partial charge in [-0.15, -0.1) is 0 Å². The molecule has 2 unspecified atom stereocenters. The molecule has 168 valence electrons. The number of nitrogens with zero attached hydrogens (tertiary/aromatic N) is 4. The molecule has 3 heterocycles. The lowest BCUT2D eigenvalue weighted by molar-refractivity contribution is 0.183. The molecular weight excluding hydrogens is 404 g/mol. The SMILES string of the molecule is COc1cc(-c2cnn(C)c2)ccc1NC/N=C\c1ccnc(NC(C)C2CCOC2)c1. The zero-order chi connectivity index (χ0) is 22.3. The Morgan fingerprint density at radius 2 is 2.22 bits per heavy atom. The molecule has 4 rings (SSSR count). The van der Waals surface area contributed by atoms with Gasteiger partial charge in [0.15, 0.2) is 0 Å². The maximum absolute atomic E-state index is 5.56. The summed E-state index contributed by atoms with van der Waals surface area (Å²) in [5, 5.41) is 11.0. The van der Waals surface area contributed by atoms with Crippen molar-refractivity contribution in [3.05, 3.63) is 54.5 Å². The molecule has 1 saturated heterocycles. The first-order chi connectivity index (χ1) is 15.6. The molecule has 0 spiro atoms. The molecule has 32 heavy (non-hydrogen) atoms. The first-order valence-electron chi connectivity index (χ1n) is 10.8. The van der Waals surface area contributed by atoms with Crippen molar-refractivity contribution in [1.82, 2.24) is 14.8 Å². The number of aliphatic imine (C=N–C) groups is 1. The van der Waals surface area contributed by atoms with E-state index >= 15 is 0 Å². The summed E-state index contributed by atoms with van der Waals surface area (Å²) < 4.78 is 12.8. The van der Waals surface area contributed by atoms with Crippen LogP contribution in [0.5, 0.6) is 5.75 Å². The Hall–Kier alpha value is -3.39. The van der Waals surface area contributed by atoms with Gasteiger partial charge in [0.05, 0.1) is 25.6 Å². The number of hydrogen-bond acceptors (Lipinski definition) is 7. The number of aromatic nitrogens is 3. The van der Waals surface area contributed by atoms with Crippen molar-refractivity contribution in [2.24, 2.45) is 18.0 Å². The molecular formula is C24H30N6O2. The lowest BCUT2D eigenvalue weighted by atomic mass is 10.0. The van der Waals surface area contributed by atoms with Crippen LogP contribution in [-0.2, 0) is 11.8 Å². The van der Waals surface area contributed by atoms with Crippen LogP contribution in [0.4, 0.5) is 11.5 Å². The van der Waals surface area contributed by atoms with Crippen LogP contribution in [0.15, 0.2) is 53.9 Å². The number of anilines is 2. The second kappa shape index (κ2) is 10.3. The van der Waals surface area contributed by atoms with Gasteiger partial charge in [-0.25, -0.2) is 4.98 Å². The zero-order valence-electron chi connectivity index (χ0n) is 18.8. The lowest BCUT2D eigenvalue weighted by Crippen LogP contribution is -2.26. The van der Waals surface area contributed by atoms with Crippen molar-refractivity contribution in [3.63, 3.8) is 0 Å². The molecule has 0 aliphatic carbocycles. The molecule has 0 bridgehead atoms. The highest BCUT2D eigenvalue weighted by molar-refractivity contribution is 5.80. The van der Waals surface area contributed by atoms with E-state index in [4.69, 9.17) is 9.47 Å². The van der Waals surface area contributed by atoms with E-state index in [0.717, 1.165) is 53.6 Å². The van der Waals surface area contributed by atoms with Gasteiger partial charge in [-0.1, -0.05) is 6.07 Å². The third-order valence-corrected chi connectivity index (χ3v) is 5.67. The topological polar surface area (TPSA) is 85.6 Å². The minimum atomic E-state index is 0.320. The number of aryl methyl sites for hydroxylation is 1. The smallest absolute Gasteiger partial charge is 0.142 e. The van der Waals surface area contributed by atoms with Crippen LogP contribution in [-0.4, -0.2) is 54.0 Å². The summed E-state index contributed by atoms with van der Waals surface area (Å²) in [6.07, 6.45) is 8.56. The Bertz CT molecular complexity index is 1060. The quantitative estimate of drug-likeness (QED) is 0.498. The summed E-state index contributed by atoms with van der Waals surface area (Å²) in [5.41, 5.74) is 3.99. The standard InChI is InChI=1S/C24H30N6O2/c1-17(20-7-9-32-15-20)29-24-10-18(6-8-26-24)12-25-16-27-22-5-4-19(11-23(22)31-3)21-13-28-30(2)14-21/h4-6,8,10-14,17,20,27H,7,9,15-16H2,1-3H3,(H,26,29)/b25-12-. The van der Waals surface area contributed by atoms with Crippen molar-refractivity contribution in [2.45, 2.75) is 19.4 Å². The predicted molar refractivity (Wildman–Crippen MR) is 128 cm³/mol. The minimum Gasteiger partial charge on any atom is -0.495 e. The highest BCUT2D eigenvalue weighted by Gasteiger charge is 2.22. The minimum absolute atomic E-state index is 0.320. The fraction of sp³-hybridized carbons (Fsp3) is 0.375. The summed E-state index contributed by atoms with van der Waals surface area (Å²) in [7, 11) is 3.57.